The predicted octanol–water partition coefficient (Wildman–Crippen LogP) is 4.92. The second kappa shape index (κ2) is 9.79. The molecule has 4 aromatic rings. The molecule has 1 N–H and O–H groups in total. The van der Waals surface area contributed by atoms with Crippen LogP contribution in [0.3, 0.4) is 0 Å². The SMILES string of the molecule is COc1ccc(NC(=O)Cn2cc(S(=O)(=O)Cc3ccc(Cl)cc3)c3ccccc32)cc1OC. The summed E-state index contributed by atoms with van der Waals surface area (Å²) in [5, 5.41) is 3.92. The fourth-order valence-electron chi connectivity index (χ4n) is 3.74. The number of amides is 1. The van der Waals surface area contributed by atoms with E-state index in [1.54, 1.807) is 71.3 Å². The van der Waals surface area contributed by atoms with Crippen LogP contribution in [0.4, 0.5) is 5.69 Å². The number of rotatable bonds is 8. The Morgan fingerprint density at radius 3 is 2.38 bits per heavy atom. The number of para-hydroxylation sites is 1. The van der Waals surface area contributed by atoms with E-state index in [9.17, 15) is 13.2 Å². The van der Waals surface area contributed by atoms with Crippen LogP contribution in [-0.2, 0) is 26.9 Å². The van der Waals surface area contributed by atoms with Gasteiger partial charge in [-0.25, -0.2) is 8.42 Å². The van der Waals surface area contributed by atoms with Crippen LogP contribution >= 0.6 is 11.6 Å². The zero-order chi connectivity index (χ0) is 24.3. The molecule has 0 unspecified atom stereocenters. The van der Waals surface area contributed by atoms with Gasteiger partial charge in [-0.1, -0.05) is 41.9 Å². The number of nitrogens with one attached hydrogen (secondary N) is 1. The standard InChI is InChI=1S/C25H23ClN2O5S/c1-32-22-12-11-19(13-23(22)33-2)27-25(29)15-28-14-24(20-5-3-4-6-21(20)28)34(30,31)16-17-7-9-18(26)10-8-17/h3-14H,15-16H2,1-2H3,(H,27,29). The number of hydrogen-bond acceptors (Lipinski definition) is 5. The van der Waals surface area contributed by atoms with Gasteiger partial charge in [0.15, 0.2) is 21.3 Å². The molecule has 34 heavy (non-hydrogen) atoms. The van der Waals surface area contributed by atoms with Crippen molar-refractivity contribution < 1.29 is 22.7 Å². The normalized spacial score (nSPS) is 11.4. The highest BCUT2D eigenvalue weighted by Crippen LogP contribution is 2.31. The van der Waals surface area contributed by atoms with Gasteiger partial charge in [0, 0.05) is 33.9 Å². The predicted molar refractivity (Wildman–Crippen MR) is 132 cm³/mol. The van der Waals surface area contributed by atoms with Gasteiger partial charge in [-0.05, 0) is 35.9 Å². The summed E-state index contributed by atoms with van der Waals surface area (Å²) in [4.78, 5) is 13.0. The molecule has 0 aliphatic carbocycles. The Labute approximate surface area is 202 Å². The number of sulfone groups is 1. The second-order valence-electron chi connectivity index (χ2n) is 7.64. The molecule has 0 fully saturated rings. The molecular formula is C25H23ClN2O5S. The summed E-state index contributed by atoms with van der Waals surface area (Å²) in [5.41, 5.74) is 1.82. The Bertz CT molecular complexity index is 1450. The van der Waals surface area contributed by atoms with E-state index in [0.717, 1.165) is 0 Å². The van der Waals surface area contributed by atoms with Crippen LogP contribution in [0.1, 0.15) is 5.56 Å². The third-order valence-corrected chi connectivity index (χ3v) is 7.30. The number of ether oxygens (including phenoxy) is 2. The lowest BCUT2D eigenvalue weighted by Crippen LogP contribution is -2.18. The summed E-state index contributed by atoms with van der Waals surface area (Å²) in [6, 6.07) is 18.9. The van der Waals surface area contributed by atoms with Crippen molar-refractivity contribution in [3.63, 3.8) is 0 Å². The van der Waals surface area contributed by atoms with Gasteiger partial charge in [-0.2, -0.15) is 0 Å². The van der Waals surface area contributed by atoms with Gasteiger partial charge in [0.05, 0.1) is 24.9 Å². The summed E-state index contributed by atoms with van der Waals surface area (Å²) in [6.07, 6.45) is 1.52. The highest BCUT2D eigenvalue weighted by atomic mass is 35.5. The number of halogens is 1. The van der Waals surface area contributed by atoms with E-state index in [0.29, 0.717) is 38.7 Å². The molecular weight excluding hydrogens is 476 g/mol. The molecule has 0 saturated heterocycles. The zero-order valence-corrected chi connectivity index (χ0v) is 20.2. The first-order chi connectivity index (χ1) is 16.3. The van der Waals surface area contributed by atoms with Gasteiger partial charge in [0.2, 0.25) is 5.91 Å². The number of aromatic nitrogens is 1. The molecule has 0 bridgehead atoms. The second-order valence-corrected chi connectivity index (χ2v) is 10.0. The average Bonchev–Trinajstić information content (AvgIpc) is 3.19. The highest BCUT2D eigenvalue weighted by molar-refractivity contribution is 7.90. The van der Waals surface area contributed by atoms with E-state index in [2.05, 4.69) is 5.32 Å². The van der Waals surface area contributed by atoms with Crippen molar-refractivity contribution in [3.8, 4) is 11.5 Å². The summed E-state index contributed by atoms with van der Waals surface area (Å²) in [6.45, 7) is -0.0642. The molecule has 1 aromatic heterocycles. The Kier molecular flexibility index (Phi) is 6.81. The third kappa shape index (κ3) is 5.03. The van der Waals surface area contributed by atoms with Gasteiger partial charge >= 0.3 is 0 Å². The third-order valence-electron chi connectivity index (χ3n) is 5.34. The molecule has 0 radical (unpaired) electrons. The van der Waals surface area contributed by atoms with Gasteiger partial charge < -0.3 is 19.4 Å². The van der Waals surface area contributed by atoms with Crippen LogP contribution in [0.25, 0.3) is 10.9 Å². The Morgan fingerprint density at radius 1 is 0.971 bits per heavy atom. The maximum absolute atomic E-state index is 13.2. The van der Waals surface area contributed by atoms with E-state index >= 15 is 0 Å². The maximum atomic E-state index is 13.2. The quantitative estimate of drug-likeness (QED) is 0.372. The number of fused-ring (bicyclic) bond motifs is 1. The molecule has 176 valence electrons. The number of hydrogen-bond donors (Lipinski definition) is 1. The molecule has 1 amide bonds. The minimum absolute atomic E-state index is 0.0642. The lowest BCUT2D eigenvalue weighted by Gasteiger charge is -2.11. The van der Waals surface area contributed by atoms with Crippen molar-refractivity contribution in [2.75, 3.05) is 19.5 Å². The van der Waals surface area contributed by atoms with Crippen molar-refractivity contribution in [3.05, 3.63) is 83.5 Å². The van der Waals surface area contributed by atoms with Gasteiger partial charge in [0.1, 0.15) is 6.54 Å². The Hall–Kier alpha value is -3.49. The van der Waals surface area contributed by atoms with Gasteiger partial charge in [0.25, 0.3) is 0 Å². The minimum atomic E-state index is -3.67. The number of methoxy groups -OCH3 is 2. The molecule has 3 aromatic carbocycles. The first kappa shape index (κ1) is 23.7. The molecule has 0 saturated carbocycles. The summed E-state index contributed by atoms with van der Waals surface area (Å²) >= 11 is 5.92. The van der Waals surface area contributed by atoms with Crippen molar-refractivity contribution >= 4 is 43.9 Å². The Morgan fingerprint density at radius 2 is 1.68 bits per heavy atom. The van der Waals surface area contributed by atoms with E-state index in [1.807, 2.05) is 0 Å². The van der Waals surface area contributed by atoms with E-state index in [1.165, 1.54) is 20.4 Å². The van der Waals surface area contributed by atoms with Crippen LogP contribution in [-0.4, -0.2) is 33.1 Å². The molecule has 0 atom stereocenters. The topological polar surface area (TPSA) is 86.6 Å². The summed E-state index contributed by atoms with van der Waals surface area (Å²) in [5.74, 6) is 0.556. The van der Waals surface area contributed by atoms with Crippen molar-refractivity contribution in [2.45, 2.75) is 17.2 Å². The monoisotopic (exact) mass is 498 g/mol. The fraction of sp³-hybridized carbons (Fsp3) is 0.160. The van der Waals surface area contributed by atoms with Crippen molar-refractivity contribution in [1.82, 2.24) is 4.57 Å². The maximum Gasteiger partial charge on any atom is 0.244 e. The number of carbonyl (C=O) groups is 1. The Balaban J connectivity index is 1.60. The van der Waals surface area contributed by atoms with Gasteiger partial charge in [-0.3, -0.25) is 4.79 Å². The first-order valence-corrected chi connectivity index (χ1v) is 12.4. The largest absolute Gasteiger partial charge is 0.493 e. The van der Waals surface area contributed by atoms with Crippen molar-refractivity contribution in [1.29, 1.82) is 0 Å². The van der Waals surface area contributed by atoms with Crippen LogP contribution in [0.15, 0.2) is 77.8 Å². The molecule has 9 heteroatoms. The molecule has 4 rings (SSSR count). The molecule has 0 aliphatic heterocycles. The summed E-state index contributed by atoms with van der Waals surface area (Å²) < 4.78 is 38.6. The molecule has 0 aliphatic rings. The van der Waals surface area contributed by atoms with Crippen LogP contribution in [0.2, 0.25) is 5.02 Å². The number of benzene rings is 3. The van der Waals surface area contributed by atoms with Crippen LogP contribution in [0.5, 0.6) is 11.5 Å². The number of nitrogens with zero attached hydrogens (tertiary/aromatic N) is 1. The molecule has 1 heterocycles. The van der Waals surface area contributed by atoms with Gasteiger partial charge in [-0.15, -0.1) is 0 Å². The first-order valence-electron chi connectivity index (χ1n) is 10.4. The van der Waals surface area contributed by atoms with Crippen molar-refractivity contribution in [2.24, 2.45) is 0 Å². The van der Waals surface area contributed by atoms with E-state index in [4.69, 9.17) is 21.1 Å². The van der Waals surface area contributed by atoms with E-state index in [-0.39, 0.29) is 23.1 Å². The van der Waals surface area contributed by atoms with Crippen LogP contribution < -0.4 is 14.8 Å². The lowest BCUT2D eigenvalue weighted by molar-refractivity contribution is -0.116. The fourth-order valence-corrected chi connectivity index (χ4v) is 5.45. The van der Waals surface area contributed by atoms with Crippen LogP contribution in [0, 0.1) is 0 Å². The number of anilines is 1. The molecule has 7 nitrogen and oxygen atoms in total. The minimum Gasteiger partial charge on any atom is -0.493 e. The highest BCUT2D eigenvalue weighted by Gasteiger charge is 2.22. The summed E-state index contributed by atoms with van der Waals surface area (Å²) in [7, 11) is -0.621. The zero-order valence-electron chi connectivity index (χ0n) is 18.6. The average molecular weight is 499 g/mol. The number of carbonyl (C=O) groups excluding carboxylic acids is 1. The smallest absolute Gasteiger partial charge is 0.244 e. The molecule has 0 spiro atoms. The lowest BCUT2D eigenvalue weighted by atomic mass is 10.2. The van der Waals surface area contributed by atoms with E-state index < -0.39 is 9.84 Å².